The maximum Gasteiger partial charge on any atom is 0.461 e. The molecule has 14 heteroatoms. The van der Waals surface area contributed by atoms with Crippen molar-refractivity contribution >= 4 is 5.91 Å². The number of benzene rings is 4. The van der Waals surface area contributed by atoms with Crippen LogP contribution in [0.2, 0.25) is 0 Å². The maximum atomic E-state index is 15.0. The van der Waals surface area contributed by atoms with Gasteiger partial charge in [0.25, 0.3) is 5.91 Å². The summed E-state index contributed by atoms with van der Waals surface area (Å²) in [6.07, 6.45) is -15.1. The van der Waals surface area contributed by atoms with Crippen molar-refractivity contribution in [3.63, 3.8) is 0 Å². The van der Waals surface area contributed by atoms with Crippen molar-refractivity contribution in [2.75, 3.05) is 0 Å². The Morgan fingerprint density at radius 3 is 2.11 bits per heavy atom. The lowest BCUT2D eigenvalue weighted by molar-refractivity contribution is -0.253. The van der Waals surface area contributed by atoms with Crippen LogP contribution < -0.4 is 10.1 Å². The molecule has 45 heavy (non-hydrogen) atoms. The molecule has 0 aliphatic rings. The number of nitrogens with one attached hydrogen (secondary N) is 1. The third kappa shape index (κ3) is 7.19. The molecule has 0 saturated heterocycles. The van der Waals surface area contributed by atoms with Crippen molar-refractivity contribution in [1.29, 1.82) is 5.26 Å². The fourth-order valence-corrected chi connectivity index (χ4v) is 4.56. The monoisotopic (exact) mass is 640 g/mol. The number of nitriles is 1. The summed E-state index contributed by atoms with van der Waals surface area (Å²) < 4.78 is 141. The van der Waals surface area contributed by atoms with Crippen LogP contribution >= 0.6 is 0 Å². The number of carbonyl (C=O) groups excluding carboxylic acids is 1. The highest BCUT2D eigenvalue weighted by atomic mass is 19.4. The van der Waals surface area contributed by atoms with Crippen LogP contribution in [-0.4, -0.2) is 18.4 Å². The second-order valence-electron chi connectivity index (χ2n) is 9.66. The Morgan fingerprint density at radius 2 is 1.49 bits per heavy atom. The van der Waals surface area contributed by atoms with Crippen molar-refractivity contribution < 1.29 is 53.4 Å². The summed E-state index contributed by atoms with van der Waals surface area (Å²) in [5.41, 5.74) is -5.72. The van der Waals surface area contributed by atoms with Crippen LogP contribution in [0.15, 0.2) is 84.9 Å². The van der Waals surface area contributed by atoms with Gasteiger partial charge in [0.1, 0.15) is 29.3 Å². The number of ether oxygens (including phenoxy) is 1. The summed E-state index contributed by atoms with van der Waals surface area (Å²) in [6.45, 7) is 0. The van der Waals surface area contributed by atoms with Crippen LogP contribution in [0.3, 0.4) is 0 Å². The van der Waals surface area contributed by atoms with Crippen molar-refractivity contribution in [3.8, 4) is 11.8 Å². The highest BCUT2D eigenvalue weighted by molar-refractivity contribution is 5.95. The van der Waals surface area contributed by atoms with E-state index in [1.54, 1.807) is 12.1 Å². The number of hydrogen-bond acceptors (Lipinski definition) is 3. The molecule has 1 N–H and O–H groups in total. The van der Waals surface area contributed by atoms with Crippen LogP contribution in [-0.2, 0) is 18.1 Å². The van der Waals surface area contributed by atoms with Crippen LogP contribution in [0.5, 0.6) is 5.75 Å². The first kappa shape index (κ1) is 32.8. The molecule has 1 unspecified atom stereocenters. The summed E-state index contributed by atoms with van der Waals surface area (Å²) in [6, 6.07) is 15.0. The normalized spacial score (nSPS) is 13.2. The van der Waals surface area contributed by atoms with Gasteiger partial charge in [0.15, 0.2) is 0 Å². The summed E-state index contributed by atoms with van der Waals surface area (Å²) in [5, 5.41) is 11.9. The van der Waals surface area contributed by atoms with Gasteiger partial charge in [0.2, 0.25) is 0 Å². The average molecular weight is 640 g/mol. The van der Waals surface area contributed by atoms with Gasteiger partial charge in [-0.25, -0.2) is 13.2 Å². The molecular weight excluding hydrogens is 622 g/mol. The topological polar surface area (TPSA) is 62.1 Å². The molecule has 4 nitrogen and oxygen atoms in total. The largest absolute Gasteiger partial charge is 0.461 e. The number of amides is 1. The van der Waals surface area contributed by atoms with Gasteiger partial charge in [0, 0.05) is 18.1 Å². The van der Waals surface area contributed by atoms with E-state index in [9.17, 15) is 54.0 Å². The number of carbonyl (C=O) groups is 1. The molecule has 1 atom stereocenters. The molecule has 0 bridgehead atoms. The molecule has 234 valence electrons. The summed E-state index contributed by atoms with van der Waals surface area (Å²) in [7, 11) is 0. The minimum atomic E-state index is -5.22. The molecule has 0 spiro atoms. The standard InChI is InChI=1S/C31H18F10N2O2/c32-22-12-21(13-23(14-22)45-31(40,41)28(35)36)29(15-17-4-2-1-3-5-17,20-7-9-25(33)19(10-20)16-42)43-27(44)18-6-8-26(34)24(11-18)30(37,38)39/h1-14,28H,15H2,(H,43,44). The van der Waals surface area contributed by atoms with Crippen molar-refractivity contribution in [1.82, 2.24) is 5.32 Å². The average Bonchev–Trinajstić information content (AvgIpc) is 2.96. The van der Waals surface area contributed by atoms with Gasteiger partial charge >= 0.3 is 18.7 Å². The molecule has 4 aromatic carbocycles. The molecule has 1 amide bonds. The molecule has 0 aromatic heterocycles. The van der Waals surface area contributed by atoms with Gasteiger partial charge in [-0.3, -0.25) is 4.79 Å². The molecule has 4 rings (SSSR count). The molecule has 0 saturated carbocycles. The Morgan fingerprint density at radius 1 is 0.822 bits per heavy atom. The number of alkyl halides is 7. The maximum absolute atomic E-state index is 15.0. The molecule has 0 aliphatic heterocycles. The molecule has 0 heterocycles. The van der Waals surface area contributed by atoms with Gasteiger partial charge in [0.05, 0.1) is 16.7 Å². The molecule has 0 aliphatic carbocycles. The lowest BCUT2D eigenvalue weighted by atomic mass is 9.77. The van der Waals surface area contributed by atoms with Gasteiger partial charge in [-0.2, -0.15) is 36.0 Å². The predicted octanol–water partition coefficient (Wildman–Crippen LogP) is 8.15. The smallest absolute Gasteiger partial charge is 0.428 e. The number of halogens is 10. The quantitative estimate of drug-likeness (QED) is 0.188. The van der Waals surface area contributed by atoms with Gasteiger partial charge in [-0.05, 0) is 59.2 Å². The first-order valence-corrected chi connectivity index (χ1v) is 12.6. The Bertz CT molecular complexity index is 1750. The van der Waals surface area contributed by atoms with Crippen LogP contribution in [0.25, 0.3) is 0 Å². The minimum absolute atomic E-state index is 0.201. The van der Waals surface area contributed by atoms with Crippen LogP contribution in [0.1, 0.15) is 38.2 Å². The van der Waals surface area contributed by atoms with Gasteiger partial charge in [-0.1, -0.05) is 36.4 Å². The minimum Gasteiger partial charge on any atom is -0.428 e. The third-order valence-corrected chi connectivity index (χ3v) is 6.62. The summed E-state index contributed by atoms with van der Waals surface area (Å²) >= 11 is 0. The zero-order valence-electron chi connectivity index (χ0n) is 22.4. The van der Waals surface area contributed by atoms with E-state index >= 15 is 0 Å². The highest BCUT2D eigenvalue weighted by Gasteiger charge is 2.45. The van der Waals surface area contributed by atoms with Gasteiger partial charge < -0.3 is 10.1 Å². The van der Waals surface area contributed by atoms with E-state index in [2.05, 4.69) is 10.1 Å². The van der Waals surface area contributed by atoms with Crippen molar-refractivity contribution in [2.45, 2.75) is 30.7 Å². The van der Waals surface area contributed by atoms with E-state index < -0.39 is 82.0 Å². The number of rotatable bonds is 9. The van der Waals surface area contributed by atoms with Crippen LogP contribution in [0.4, 0.5) is 43.9 Å². The fraction of sp³-hybridized carbons (Fsp3) is 0.161. The Kier molecular flexibility index (Phi) is 9.13. The van der Waals surface area contributed by atoms with E-state index in [1.165, 1.54) is 24.3 Å². The third-order valence-electron chi connectivity index (χ3n) is 6.62. The molecule has 0 radical (unpaired) electrons. The van der Waals surface area contributed by atoms with E-state index in [4.69, 9.17) is 0 Å². The second-order valence-corrected chi connectivity index (χ2v) is 9.66. The molecule has 0 fully saturated rings. The fourth-order valence-electron chi connectivity index (χ4n) is 4.56. The zero-order valence-corrected chi connectivity index (χ0v) is 22.4. The van der Waals surface area contributed by atoms with E-state index in [1.807, 2.05) is 0 Å². The summed E-state index contributed by atoms with van der Waals surface area (Å²) in [5.74, 6) is -6.52. The highest BCUT2D eigenvalue weighted by Crippen LogP contribution is 2.39. The second kappa shape index (κ2) is 12.5. The number of hydrogen-bond donors (Lipinski definition) is 1. The lowest BCUT2D eigenvalue weighted by Crippen LogP contribution is -2.49. The Balaban J connectivity index is 2.01. The summed E-state index contributed by atoms with van der Waals surface area (Å²) in [4.78, 5) is 13.6. The SMILES string of the molecule is N#Cc1cc(C(Cc2ccccc2)(NC(=O)c2ccc(F)c(C(F)(F)F)c2)c2cc(F)cc(OC(F)(F)C(F)F)c2)ccc1F. The van der Waals surface area contributed by atoms with Gasteiger partial charge in [-0.15, -0.1) is 0 Å². The Hall–Kier alpha value is -5.06. The Labute approximate surface area is 248 Å². The van der Waals surface area contributed by atoms with E-state index in [-0.39, 0.29) is 11.6 Å². The van der Waals surface area contributed by atoms with Crippen LogP contribution in [0, 0.1) is 28.8 Å². The predicted molar refractivity (Wildman–Crippen MR) is 139 cm³/mol. The lowest BCUT2D eigenvalue weighted by Gasteiger charge is -2.37. The molecular formula is C31H18F10N2O2. The van der Waals surface area contributed by atoms with E-state index in [0.717, 1.165) is 18.2 Å². The first-order chi connectivity index (χ1) is 21.1. The first-order valence-electron chi connectivity index (χ1n) is 12.6. The van der Waals surface area contributed by atoms with E-state index in [0.29, 0.717) is 35.9 Å². The molecule has 4 aromatic rings. The number of nitrogens with zero attached hydrogens (tertiary/aromatic N) is 1. The van der Waals surface area contributed by atoms with Crippen molar-refractivity contribution in [2.24, 2.45) is 0 Å². The zero-order chi connectivity index (χ0) is 33.2. The van der Waals surface area contributed by atoms with Crippen molar-refractivity contribution in [3.05, 3.63) is 136 Å².